The van der Waals surface area contributed by atoms with Crippen molar-refractivity contribution >= 4 is 47.2 Å². The highest BCUT2D eigenvalue weighted by Crippen LogP contribution is 2.48. The normalized spacial score (nSPS) is 12.6. The number of hydrogen-bond acceptors (Lipinski definition) is 12. The average Bonchev–Trinajstić information content (AvgIpc) is 3.51. The number of imidazole rings is 2. The molecule has 0 atom stereocenters. The molecule has 5 aromatic rings. The summed E-state index contributed by atoms with van der Waals surface area (Å²) >= 11 is 0. The van der Waals surface area contributed by atoms with Crippen LogP contribution in [0.25, 0.3) is 44.9 Å². The van der Waals surface area contributed by atoms with E-state index in [1.807, 2.05) is 0 Å². The molecule has 0 bridgehead atoms. The van der Waals surface area contributed by atoms with E-state index in [0.717, 1.165) is 16.5 Å². The Morgan fingerprint density at radius 2 is 1.49 bits per heavy atom. The smallest absolute Gasteiger partial charge is 0.306 e. The number of pyridine rings is 1. The SMILES string of the molecule is CC(C)S(=O)(=O)n1c(N)nc2c(OS(C)(=O)=O)c(OS(C)(=O)=O)c(-c3[nH]c(-c4cccnc4)nc3-c3ccccc3)cc21. The predicted octanol–water partition coefficient (Wildman–Crippen LogP) is 3.00. The second-order valence-corrected chi connectivity index (χ2v) is 15.3. The molecule has 2 aromatic carbocycles. The van der Waals surface area contributed by atoms with Crippen molar-refractivity contribution in [2.45, 2.75) is 19.1 Å². The average molecular weight is 647 g/mol. The highest BCUT2D eigenvalue weighted by atomic mass is 32.2. The lowest BCUT2D eigenvalue weighted by Crippen LogP contribution is -2.23. The fourth-order valence-electron chi connectivity index (χ4n) is 4.30. The summed E-state index contributed by atoms with van der Waals surface area (Å²) in [5, 5.41) is -0.967. The number of rotatable bonds is 9. The van der Waals surface area contributed by atoms with Gasteiger partial charge < -0.3 is 19.1 Å². The Bertz CT molecular complexity index is 2180. The Balaban J connectivity index is 1.99. The number of aromatic nitrogens is 5. The molecule has 17 heteroatoms. The molecule has 3 N–H and O–H groups in total. The number of nitrogens with one attached hydrogen (secondary N) is 1. The minimum absolute atomic E-state index is 0.0989. The molecule has 0 saturated carbocycles. The number of H-pyrrole nitrogens is 1. The summed E-state index contributed by atoms with van der Waals surface area (Å²) in [5.41, 5.74) is 7.02. The molecule has 226 valence electrons. The Morgan fingerprint density at radius 3 is 2.07 bits per heavy atom. The molecule has 0 amide bonds. The molecular weight excluding hydrogens is 621 g/mol. The van der Waals surface area contributed by atoms with Crippen LogP contribution in [0.2, 0.25) is 0 Å². The maximum atomic E-state index is 13.4. The second kappa shape index (κ2) is 10.7. The lowest BCUT2D eigenvalue weighted by Gasteiger charge is -2.16. The largest absolute Gasteiger partial charge is 0.378 e. The predicted molar refractivity (Wildman–Crippen MR) is 161 cm³/mol. The Labute approximate surface area is 247 Å². The minimum Gasteiger partial charge on any atom is -0.378 e. The van der Waals surface area contributed by atoms with Gasteiger partial charge >= 0.3 is 20.2 Å². The van der Waals surface area contributed by atoms with Gasteiger partial charge in [0.15, 0.2) is 5.75 Å². The van der Waals surface area contributed by atoms with Crippen LogP contribution in [0.5, 0.6) is 11.5 Å². The van der Waals surface area contributed by atoms with Crippen LogP contribution in [-0.2, 0) is 30.3 Å². The second-order valence-electron chi connectivity index (χ2n) is 9.77. The fraction of sp³-hybridized carbons (Fsp3) is 0.192. The Kier molecular flexibility index (Phi) is 7.43. The summed E-state index contributed by atoms with van der Waals surface area (Å²) in [5.74, 6) is -1.44. The highest BCUT2D eigenvalue weighted by molar-refractivity contribution is 7.90. The molecule has 0 aliphatic carbocycles. The van der Waals surface area contributed by atoms with Crippen LogP contribution in [0.15, 0.2) is 60.9 Å². The van der Waals surface area contributed by atoms with Crippen LogP contribution < -0.4 is 14.1 Å². The van der Waals surface area contributed by atoms with Crippen LogP contribution >= 0.6 is 0 Å². The zero-order valence-electron chi connectivity index (χ0n) is 23.2. The van der Waals surface area contributed by atoms with Gasteiger partial charge in [0.2, 0.25) is 21.7 Å². The van der Waals surface area contributed by atoms with E-state index in [2.05, 4.69) is 15.0 Å². The van der Waals surface area contributed by atoms with E-state index in [0.29, 0.717) is 22.6 Å². The van der Waals surface area contributed by atoms with Crippen molar-refractivity contribution in [1.29, 1.82) is 0 Å². The first-order valence-corrected chi connectivity index (χ1v) is 17.6. The standard InChI is InChI=1S/C26H26N6O8S3/c1-15(2)43(37,38)32-19-13-18(23(39-41(3,33)34)24(40-42(4,35)36)22(19)31-26(32)27)21-20(16-9-6-5-7-10-16)29-25(30-21)17-11-8-12-28-14-17/h5-15H,1-4H3,(H2,27,31)(H,29,30). The van der Waals surface area contributed by atoms with E-state index in [4.69, 9.17) is 19.1 Å². The maximum Gasteiger partial charge on any atom is 0.306 e. The summed E-state index contributed by atoms with van der Waals surface area (Å²) in [6, 6.07) is 13.5. The summed E-state index contributed by atoms with van der Waals surface area (Å²) in [7, 11) is -12.8. The van der Waals surface area contributed by atoms with E-state index >= 15 is 0 Å². The molecule has 3 aromatic heterocycles. The quantitative estimate of drug-likeness (QED) is 0.222. The van der Waals surface area contributed by atoms with Crippen molar-refractivity contribution in [1.82, 2.24) is 23.9 Å². The van der Waals surface area contributed by atoms with Gasteiger partial charge in [-0.3, -0.25) is 4.98 Å². The first kappa shape index (κ1) is 30.0. The van der Waals surface area contributed by atoms with Crippen molar-refractivity contribution in [2.24, 2.45) is 0 Å². The number of nitrogens with two attached hydrogens (primary N) is 1. The summed E-state index contributed by atoms with van der Waals surface area (Å²) in [4.78, 5) is 16.1. The lowest BCUT2D eigenvalue weighted by atomic mass is 10.0. The van der Waals surface area contributed by atoms with Crippen molar-refractivity contribution in [3.8, 4) is 45.4 Å². The van der Waals surface area contributed by atoms with Gasteiger partial charge in [-0.05, 0) is 32.0 Å². The summed E-state index contributed by atoms with van der Waals surface area (Å²) < 4.78 is 88.1. The van der Waals surface area contributed by atoms with E-state index < -0.39 is 53.0 Å². The highest BCUT2D eigenvalue weighted by Gasteiger charge is 2.33. The monoisotopic (exact) mass is 646 g/mol. The van der Waals surface area contributed by atoms with E-state index in [9.17, 15) is 25.3 Å². The van der Waals surface area contributed by atoms with Gasteiger partial charge in [-0.1, -0.05) is 30.3 Å². The van der Waals surface area contributed by atoms with Gasteiger partial charge in [0.1, 0.15) is 11.3 Å². The van der Waals surface area contributed by atoms with Gasteiger partial charge in [0.25, 0.3) is 0 Å². The van der Waals surface area contributed by atoms with Gasteiger partial charge in [0, 0.05) is 23.5 Å². The fourth-order valence-corrected chi connectivity index (χ4v) is 6.36. The van der Waals surface area contributed by atoms with Crippen LogP contribution in [0.1, 0.15) is 13.8 Å². The van der Waals surface area contributed by atoms with Crippen LogP contribution in [0, 0.1) is 0 Å². The van der Waals surface area contributed by atoms with Gasteiger partial charge in [0.05, 0.1) is 40.2 Å². The molecule has 0 radical (unpaired) electrons. The van der Waals surface area contributed by atoms with Crippen LogP contribution in [0.4, 0.5) is 5.95 Å². The molecule has 3 heterocycles. The van der Waals surface area contributed by atoms with Gasteiger partial charge in [-0.25, -0.2) is 22.4 Å². The Morgan fingerprint density at radius 1 is 0.860 bits per heavy atom. The van der Waals surface area contributed by atoms with Crippen molar-refractivity contribution in [2.75, 3.05) is 18.2 Å². The van der Waals surface area contributed by atoms with Crippen LogP contribution in [-0.4, -0.2) is 66.9 Å². The molecule has 0 unspecified atom stereocenters. The zero-order chi connectivity index (χ0) is 31.3. The number of anilines is 1. The van der Waals surface area contributed by atoms with Gasteiger partial charge in [-0.2, -0.15) is 16.8 Å². The summed E-state index contributed by atoms with van der Waals surface area (Å²) in [6.45, 7) is 2.86. The third-order valence-corrected chi connectivity index (χ3v) is 9.14. The van der Waals surface area contributed by atoms with Gasteiger partial charge in [-0.15, -0.1) is 0 Å². The van der Waals surface area contributed by atoms with E-state index in [1.54, 1.807) is 54.9 Å². The zero-order valence-corrected chi connectivity index (χ0v) is 25.7. The number of fused-ring (bicyclic) bond motifs is 1. The molecule has 5 rings (SSSR count). The topological polar surface area (TPSA) is 206 Å². The lowest BCUT2D eigenvalue weighted by molar-refractivity contribution is 0.458. The number of benzene rings is 2. The number of aromatic amines is 1. The molecule has 14 nitrogen and oxygen atoms in total. The first-order chi connectivity index (χ1) is 20.1. The van der Waals surface area contributed by atoms with Crippen molar-refractivity contribution in [3.05, 3.63) is 60.9 Å². The Hall–Kier alpha value is -4.48. The number of hydrogen-bond donors (Lipinski definition) is 2. The molecule has 0 saturated heterocycles. The van der Waals surface area contributed by atoms with Crippen molar-refractivity contribution < 1.29 is 33.6 Å². The first-order valence-electron chi connectivity index (χ1n) is 12.5. The third kappa shape index (κ3) is 5.91. The minimum atomic E-state index is -4.35. The summed E-state index contributed by atoms with van der Waals surface area (Å²) in [6.07, 6.45) is 4.62. The van der Waals surface area contributed by atoms with Crippen LogP contribution in [0.3, 0.4) is 0 Å². The van der Waals surface area contributed by atoms with E-state index in [-0.39, 0.29) is 22.3 Å². The van der Waals surface area contributed by atoms with Crippen molar-refractivity contribution in [3.63, 3.8) is 0 Å². The maximum absolute atomic E-state index is 13.4. The number of nitrogen functional groups attached to an aromatic ring is 1. The third-order valence-electron chi connectivity index (χ3n) is 6.12. The molecule has 0 aliphatic heterocycles. The molecule has 0 aliphatic rings. The molecule has 0 spiro atoms. The van der Waals surface area contributed by atoms with E-state index in [1.165, 1.54) is 19.9 Å². The molecular formula is C26H26N6O8S3. The number of nitrogens with zero attached hydrogens (tertiary/aromatic N) is 4. The molecule has 43 heavy (non-hydrogen) atoms. The molecule has 0 fully saturated rings.